The molecule has 1 saturated heterocycles. The molecule has 1 N–H and O–H groups in total. The first kappa shape index (κ1) is 27.7. The third-order valence-electron chi connectivity index (χ3n) is 10.5. The molecule has 4 saturated carbocycles. The van der Waals surface area contributed by atoms with Crippen LogP contribution in [0.15, 0.2) is 66.7 Å². The summed E-state index contributed by atoms with van der Waals surface area (Å²) in [6.45, 7) is 2.11. The Morgan fingerprint density at radius 1 is 0.886 bits per heavy atom. The SMILES string of the molecule is Cn1c(COc2ccc(C[C@]3(C)SC(=O)NC3=O)cc2)nc2ccc(Oc3ccc(C45CC6CC(CC(C6)C4)C5)cc3)cc21. The van der Waals surface area contributed by atoms with Crippen molar-refractivity contribution in [1.82, 2.24) is 14.9 Å². The van der Waals surface area contributed by atoms with Crippen LogP contribution in [0.2, 0.25) is 0 Å². The number of aryl methyl sites for hydroxylation is 1. The predicted octanol–water partition coefficient (Wildman–Crippen LogP) is 7.70. The predicted molar refractivity (Wildman–Crippen MR) is 171 cm³/mol. The van der Waals surface area contributed by atoms with Crippen molar-refractivity contribution in [2.75, 3.05) is 0 Å². The summed E-state index contributed by atoms with van der Waals surface area (Å²) in [4.78, 5) is 28.6. The van der Waals surface area contributed by atoms with Crippen LogP contribution in [0.1, 0.15) is 62.4 Å². The van der Waals surface area contributed by atoms with Gasteiger partial charge in [-0.05, 0) is 134 Å². The molecule has 2 heterocycles. The standard InChI is InChI=1S/C36H37N3O4S/c1-35(33(40)38-34(41)44-35)17-22-3-7-27(8-4-22)42-21-32-37-30-12-11-29(16-31(30)39(32)2)43-28-9-5-26(6-10-28)36-18-23-13-24(19-36)15-25(14-23)20-36/h3-12,16,23-25H,13-15,17-21H2,1-2H3,(H,38,40,41)/t23?,24?,25?,35-,36?/m0/s1. The summed E-state index contributed by atoms with van der Waals surface area (Å²) in [5.74, 6) is 5.75. The molecule has 0 spiro atoms. The van der Waals surface area contributed by atoms with Crippen molar-refractivity contribution in [2.24, 2.45) is 24.8 Å². The second-order valence-electron chi connectivity index (χ2n) is 13.7. The van der Waals surface area contributed by atoms with Crippen molar-refractivity contribution in [3.63, 3.8) is 0 Å². The summed E-state index contributed by atoms with van der Waals surface area (Å²) in [5.41, 5.74) is 4.75. The van der Waals surface area contributed by atoms with Gasteiger partial charge in [0.05, 0.1) is 11.0 Å². The number of ether oxygens (including phenoxy) is 2. The molecule has 2 amide bonds. The van der Waals surface area contributed by atoms with Crippen LogP contribution in [0.3, 0.4) is 0 Å². The van der Waals surface area contributed by atoms with E-state index in [4.69, 9.17) is 14.5 Å². The molecule has 8 heteroatoms. The van der Waals surface area contributed by atoms with Crippen molar-refractivity contribution >= 4 is 33.9 Å². The van der Waals surface area contributed by atoms with E-state index in [1.165, 1.54) is 44.1 Å². The number of nitrogens with zero attached hydrogens (tertiary/aromatic N) is 2. The number of benzene rings is 3. The van der Waals surface area contributed by atoms with E-state index >= 15 is 0 Å². The summed E-state index contributed by atoms with van der Waals surface area (Å²) in [7, 11) is 1.99. The Balaban J connectivity index is 0.918. The molecule has 1 atom stereocenters. The van der Waals surface area contributed by atoms with Crippen LogP contribution in [-0.4, -0.2) is 25.4 Å². The second kappa shape index (κ2) is 10.4. The Hall–Kier alpha value is -3.78. The number of aromatic nitrogens is 2. The van der Waals surface area contributed by atoms with Crippen LogP contribution in [0.5, 0.6) is 17.2 Å². The van der Waals surface area contributed by atoms with Gasteiger partial charge in [0.25, 0.3) is 5.24 Å². The Labute approximate surface area is 261 Å². The third kappa shape index (κ3) is 4.97. The van der Waals surface area contributed by atoms with E-state index in [-0.39, 0.29) is 11.1 Å². The normalized spacial score (nSPS) is 28.9. The minimum atomic E-state index is -0.785. The highest BCUT2D eigenvalue weighted by Crippen LogP contribution is 2.60. The highest BCUT2D eigenvalue weighted by Gasteiger charge is 2.51. The zero-order valence-electron chi connectivity index (χ0n) is 25.2. The van der Waals surface area contributed by atoms with Gasteiger partial charge in [0, 0.05) is 13.1 Å². The Morgan fingerprint density at radius 2 is 1.52 bits per heavy atom. The van der Waals surface area contributed by atoms with Gasteiger partial charge in [-0.15, -0.1) is 0 Å². The van der Waals surface area contributed by atoms with E-state index in [0.717, 1.165) is 63.4 Å². The zero-order valence-corrected chi connectivity index (χ0v) is 26.0. The minimum Gasteiger partial charge on any atom is -0.486 e. The van der Waals surface area contributed by atoms with E-state index in [2.05, 4.69) is 29.6 Å². The number of imidazole rings is 1. The van der Waals surface area contributed by atoms with Crippen LogP contribution in [0.25, 0.3) is 11.0 Å². The van der Waals surface area contributed by atoms with Crippen LogP contribution < -0.4 is 14.8 Å². The fourth-order valence-electron chi connectivity index (χ4n) is 8.75. The lowest BCUT2D eigenvalue weighted by molar-refractivity contribution is -0.121. The highest BCUT2D eigenvalue weighted by molar-refractivity contribution is 8.16. The van der Waals surface area contributed by atoms with Gasteiger partial charge in [-0.2, -0.15) is 0 Å². The average molecular weight is 608 g/mol. The average Bonchev–Trinajstić information content (AvgIpc) is 3.44. The van der Waals surface area contributed by atoms with E-state index in [1.54, 1.807) is 6.92 Å². The maximum absolute atomic E-state index is 12.2. The molecule has 0 radical (unpaired) electrons. The molecule has 1 aromatic heterocycles. The second-order valence-corrected chi connectivity index (χ2v) is 15.2. The molecule has 4 bridgehead atoms. The molecule has 4 aromatic rings. The largest absolute Gasteiger partial charge is 0.486 e. The maximum Gasteiger partial charge on any atom is 0.286 e. The Bertz CT molecular complexity index is 1730. The van der Waals surface area contributed by atoms with Gasteiger partial charge in [-0.1, -0.05) is 24.3 Å². The fourth-order valence-corrected chi connectivity index (χ4v) is 9.68. The molecule has 9 rings (SSSR count). The zero-order chi connectivity index (χ0) is 30.1. The molecular formula is C36H37N3O4S. The molecule has 226 valence electrons. The molecule has 7 nitrogen and oxygen atoms in total. The molecule has 5 aliphatic rings. The topological polar surface area (TPSA) is 82.5 Å². The molecule has 4 aliphatic carbocycles. The number of hydrogen-bond donors (Lipinski definition) is 1. The van der Waals surface area contributed by atoms with Gasteiger partial charge in [0.2, 0.25) is 5.91 Å². The molecule has 1 aliphatic heterocycles. The smallest absolute Gasteiger partial charge is 0.286 e. The molecular weight excluding hydrogens is 570 g/mol. The van der Waals surface area contributed by atoms with Crippen molar-refractivity contribution in [1.29, 1.82) is 0 Å². The summed E-state index contributed by atoms with van der Waals surface area (Å²) in [6.07, 6.45) is 8.97. The number of amides is 2. The van der Waals surface area contributed by atoms with Gasteiger partial charge in [0.1, 0.15) is 34.4 Å². The summed E-state index contributed by atoms with van der Waals surface area (Å²) in [6, 6.07) is 22.6. The molecule has 3 aromatic carbocycles. The Morgan fingerprint density at radius 3 is 2.16 bits per heavy atom. The first-order chi connectivity index (χ1) is 21.2. The van der Waals surface area contributed by atoms with Crippen molar-refractivity contribution < 1.29 is 19.1 Å². The van der Waals surface area contributed by atoms with Crippen molar-refractivity contribution in [3.05, 3.63) is 83.7 Å². The highest BCUT2D eigenvalue weighted by atomic mass is 32.2. The van der Waals surface area contributed by atoms with Crippen LogP contribution in [0, 0.1) is 17.8 Å². The molecule has 44 heavy (non-hydrogen) atoms. The first-order valence-corrected chi connectivity index (χ1v) is 16.6. The van der Waals surface area contributed by atoms with Crippen molar-refractivity contribution in [2.45, 2.75) is 68.6 Å². The van der Waals surface area contributed by atoms with E-state index in [9.17, 15) is 9.59 Å². The van der Waals surface area contributed by atoms with Crippen LogP contribution >= 0.6 is 11.8 Å². The minimum absolute atomic E-state index is 0.242. The quantitative estimate of drug-likeness (QED) is 0.221. The number of carbonyl (C=O) groups is 2. The number of fused-ring (bicyclic) bond motifs is 1. The fraction of sp³-hybridized carbons (Fsp3) is 0.417. The molecule has 0 unspecified atom stereocenters. The summed E-state index contributed by atoms with van der Waals surface area (Å²) < 4.78 is 13.6. The van der Waals surface area contributed by atoms with Crippen molar-refractivity contribution in [3.8, 4) is 17.2 Å². The lowest BCUT2D eigenvalue weighted by Crippen LogP contribution is -2.48. The molecule has 5 fully saturated rings. The number of nitrogens with one attached hydrogen (secondary N) is 1. The lowest BCUT2D eigenvalue weighted by Gasteiger charge is -2.57. The number of hydrogen-bond acceptors (Lipinski definition) is 6. The van der Waals surface area contributed by atoms with Gasteiger partial charge in [0.15, 0.2) is 0 Å². The van der Waals surface area contributed by atoms with Gasteiger partial charge in [-0.3, -0.25) is 14.9 Å². The Kier molecular flexibility index (Phi) is 6.56. The number of carbonyl (C=O) groups excluding carboxylic acids is 2. The first-order valence-electron chi connectivity index (χ1n) is 15.7. The number of thioether (sulfide) groups is 1. The van der Waals surface area contributed by atoms with Gasteiger partial charge in [-0.25, -0.2) is 4.98 Å². The van der Waals surface area contributed by atoms with Gasteiger partial charge >= 0.3 is 0 Å². The monoisotopic (exact) mass is 607 g/mol. The summed E-state index contributed by atoms with van der Waals surface area (Å²) >= 11 is 1.05. The van der Waals surface area contributed by atoms with Gasteiger partial charge < -0.3 is 14.0 Å². The van der Waals surface area contributed by atoms with Crippen LogP contribution in [0.4, 0.5) is 4.79 Å². The van der Waals surface area contributed by atoms with E-state index in [1.807, 2.05) is 54.1 Å². The van der Waals surface area contributed by atoms with E-state index < -0.39 is 4.75 Å². The third-order valence-corrected chi connectivity index (χ3v) is 11.6. The van der Waals surface area contributed by atoms with E-state index in [0.29, 0.717) is 24.2 Å². The lowest BCUT2D eigenvalue weighted by atomic mass is 9.48. The maximum atomic E-state index is 12.2. The summed E-state index contributed by atoms with van der Waals surface area (Å²) in [5, 5.41) is 2.08. The number of imide groups is 1. The van der Waals surface area contributed by atoms with Crippen LogP contribution in [-0.2, 0) is 30.3 Å². The number of rotatable bonds is 8.